The highest BCUT2D eigenvalue weighted by Gasteiger charge is 2.25. The Labute approximate surface area is 164 Å². The standard InChI is InChI=1S/C17H14Cl2N4O4/c1-21-8-12(23(25)26)7-15(21)17(24)27-16(9-22-5-4-20-10-22)13-3-2-11(18)6-14(13)19/h2-8,10,16H,9H2,1H3. The molecule has 0 radical (unpaired) electrons. The topological polar surface area (TPSA) is 92.2 Å². The molecule has 1 atom stereocenters. The van der Waals surface area contributed by atoms with E-state index < -0.39 is 17.0 Å². The number of nitro groups is 1. The van der Waals surface area contributed by atoms with Crippen molar-refractivity contribution in [1.82, 2.24) is 14.1 Å². The van der Waals surface area contributed by atoms with Gasteiger partial charge >= 0.3 is 5.97 Å². The molecule has 10 heteroatoms. The number of carbonyl (C=O) groups is 1. The van der Waals surface area contributed by atoms with Crippen molar-refractivity contribution in [2.24, 2.45) is 7.05 Å². The van der Waals surface area contributed by atoms with E-state index in [0.717, 1.165) is 0 Å². The van der Waals surface area contributed by atoms with Gasteiger partial charge in [-0.25, -0.2) is 9.78 Å². The first kappa shape index (κ1) is 18.9. The third kappa shape index (κ3) is 4.29. The Morgan fingerprint density at radius 1 is 1.37 bits per heavy atom. The maximum Gasteiger partial charge on any atom is 0.355 e. The lowest BCUT2D eigenvalue weighted by atomic mass is 10.1. The zero-order chi connectivity index (χ0) is 19.6. The van der Waals surface area contributed by atoms with E-state index in [1.165, 1.54) is 23.9 Å². The van der Waals surface area contributed by atoms with Crippen LogP contribution in [0.15, 0.2) is 49.2 Å². The van der Waals surface area contributed by atoms with E-state index in [1.54, 1.807) is 41.5 Å². The van der Waals surface area contributed by atoms with Crippen molar-refractivity contribution >= 4 is 34.9 Å². The molecule has 0 amide bonds. The quantitative estimate of drug-likeness (QED) is 0.348. The molecule has 0 saturated carbocycles. The fourth-order valence-corrected chi connectivity index (χ4v) is 3.12. The van der Waals surface area contributed by atoms with Crippen LogP contribution in [0.3, 0.4) is 0 Å². The van der Waals surface area contributed by atoms with Gasteiger partial charge in [0.2, 0.25) is 0 Å². The van der Waals surface area contributed by atoms with Crippen LogP contribution in [0.5, 0.6) is 0 Å². The number of benzene rings is 1. The van der Waals surface area contributed by atoms with Gasteiger partial charge in [0, 0.05) is 41.1 Å². The number of imidazole rings is 1. The number of ether oxygens (including phenoxy) is 1. The molecular formula is C17H14Cl2N4O4. The van der Waals surface area contributed by atoms with Crippen molar-refractivity contribution in [3.63, 3.8) is 0 Å². The van der Waals surface area contributed by atoms with Gasteiger partial charge in [-0.1, -0.05) is 29.3 Å². The summed E-state index contributed by atoms with van der Waals surface area (Å²) in [4.78, 5) is 26.9. The first-order valence-electron chi connectivity index (χ1n) is 7.77. The van der Waals surface area contributed by atoms with E-state index in [-0.39, 0.29) is 17.9 Å². The monoisotopic (exact) mass is 408 g/mol. The molecule has 1 unspecified atom stereocenters. The summed E-state index contributed by atoms with van der Waals surface area (Å²) in [6.45, 7) is 0.264. The minimum atomic E-state index is -0.745. The first-order chi connectivity index (χ1) is 12.8. The maximum atomic E-state index is 12.6. The van der Waals surface area contributed by atoms with Gasteiger partial charge in [-0.2, -0.15) is 0 Å². The molecule has 2 aromatic heterocycles. The van der Waals surface area contributed by atoms with Gasteiger partial charge in [0.1, 0.15) is 11.8 Å². The summed E-state index contributed by atoms with van der Waals surface area (Å²) in [5, 5.41) is 11.7. The number of aryl methyl sites for hydroxylation is 1. The number of rotatable bonds is 6. The Morgan fingerprint density at radius 3 is 2.74 bits per heavy atom. The zero-order valence-electron chi connectivity index (χ0n) is 14.1. The van der Waals surface area contributed by atoms with E-state index in [1.807, 2.05) is 0 Å². The number of halogens is 2. The van der Waals surface area contributed by atoms with Crippen molar-refractivity contribution < 1.29 is 14.5 Å². The molecule has 2 heterocycles. The third-order valence-corrected chi connectivity index (χ3v) is 4.47. The molecule has 0 spiro atoms. The SMILES string of the molecule is Cn1cc([N+](=O)[O-])cc1C(=O)OC(Cn1ccnc1)c1ccc(Cl)cc1Cl. The lowest BCUT2D eigenvalue weighted by Gasteiger charge is -2.20. The van der Waals surface area contributed by atoms with Crippen molar-refractivity contribution in [2.75, 3.05) is 0 Å². The number of aromatic nitrogens is 3. The Bertz CT molecular complexity index is 985. The second-order valence-electron chi connectivity index (χ2n) is 5.77. The number of esters is 1. The van der Waals surface area contributed by atoms with Crippen molar-refractivity contribution in [1.29, 1.82) is 0 Å². The van der Waals surface area contributed by atoms with Crippen LogP contribution in [-0.4, -0.2) is 25.0 Å². The highest BCUT2D eigenvalue weighted by atomic mass is 35.5. The molecule has 8 nitrogen and oxygen atoms in total. The third-order valence-electron chi connectivity index (χ3n) is 3.90. The average Bonchev–Trinajstić information content (AvgIpc) is 3.23. The molecule has 0 aliphatic carbocycles. The summed E-state index contributed by atoms with van der Waals surface area (Å²) in [7, 11) is 1.53. The predicted octanol–water partition coefficient (Wildman–Crippen LogP) is 4.03. The van der Waals surface area contributed by atoms with Gasteiger partial charge in [0.25, 0.3) is 5.69 Å². The van der Waals surface area contributed by atoms with Crippen LogP contribution >= 0.6 is 23.2 Å². The Morgan fingerprint density at radius 2 is 2.15 bits per heavy atom. The normalized spacial score (nSPS) is 12.0. The molecule has 0 bridgehead atoms. The summed E-state index contributed by atoms with van der Waals surface area (Å²) in [5.41, 5.74) is 0.425. The molecule has 1 aromatic carbocycles. The summed E-state index contributed by atoms with van der Waals surface area (Å²) >= 11 is 12.2. The van der Waals surface area contributed by atoms with Crippen LogP contribution < -0.4 is 0 Å². The molecule has 27 heavy (non-hydrogen) atoms. The van der Waals surface area contributed by atoms with E-state index in [0.29, 0.717) is 15.6 Å². The van der Waals surface area contributed by atoms with Gasteiger partial charge < -0.3 is 13.9 Å². The smallest absolute Gasteiger partial charge is 0.355 e. The molecule has 0 fully saturated rings. The summed E-state index contributed by atoms with van der Waals surface area (Å²) in [5.74, 6) is -0.707. The molecule has 0 aliphatic heterocycles. The van der Waals surface area contributed by atoms with Crippen LogP contribution in [0.1, 0.15) is 22.2 Å². The molecule has 0 saturated heterocycles. The van der Waals surface area contributed by atoms with Crippen LogP contribution in [-0.2, 0) is 18.3 Å². The molecule has 3 aromatic rings. The van der Waals surface area contributed by atoms with E-state index >= 15 is 0 Å². The lowest BCUT2D eigenvalue weighted by molar-refractivity contribution is -0.384. The molecule has 3 rings (SSSR count). The molecular weight excluding hydrogens is 395 g/mol. The van der Waals surface area contributed by atoms with Crippen molar-refractivity contribution in [2.45, 2.75) is 12.6 Å². The molecule has 0 N–H and O–H groups in total. The Kier molecular flexibility index (Phi) is 5.48. The largest absolute Gasteiger partial charge is 0.451 e. The predicted molar refractivity (Wildman–Crippen MR) is 98.9 cm³/mol. The number of carbonyl (C=O) groups excluding carboxylic acids is 1. The summed E-state index contributed by atoms with van der Waals surface area (Å²) < 4.78 is 8.71. The van der Waals surface area contributed by atoms with Gasteiger partial charge in [-0.15, -0.1) is 0 Å². The van der Waals surface area contributed by atoms with E-state index in [4.69, 9.17) is 27.9 Å². The zero-order valence-corrected chi connectivity index (χ0v) is 15.6. The van der Waals surface area contributed by atoms with Crippen molar-refractivity contribution in [3.8, 4) is 0 Å². The van der Waals surface area contributed by atoms with E-state index in [2.05, 4.69) is 4.98 Å². The van der Waals surface area contributed by atoms with Gasteiger partial charge in [-0.05, 0) is 12.1 Å². The van der Waals surface area contributed by atoms with Gasteiger partial charge in [0.15, 0.2) is 0 Å². The van der Waals surface area contributed by atoms with Gasteiger partial charge in [0.05, 0.1) is 24.0 Å². The number of hydrogen-bond acceptors (Lipinski definition) is 5. The number of nitrogens with zero attached hydrogens (tertiary/aromatic N) is 4. The fourth-order valence-electron chi connectivity index (χ4n) is 2.59. The summed E-state index contributed by atoms with van der Waals surface area (Å²) in [6.07, 6.45) is 5.40. The summed E-state index contributed by atoms with van der Waals surface area (Å²) in [6, 6.07) is 6.04. The van der Waals surface area contributed by atoms with Gasteiger partial charge in [-0.3, -0.25) is 10.1 Å². The lowest BCUT2D eigenvalue weighted by Crippen LogP contribution is -2.18. The second kappa shape index (κ2) is 7.81. The van der Waals surface area contributed by atoms with Crippen LogP contribution in [0, 0.1) is 10.1 Å². The highest BCUT2D eigenvalue weighted by Crippen LogP contribution is 2.30. The fraction of sp³-hybridized carbons (Fsp3) is 0.176. The first-order valence-corrected chi connectivity index (χ1v) is 8.53. The number of hydrogen-bond donors (Lipinski definition) is 0. The minimum Gasteiger partial charge on any atom is -0.451 e. The second-order valence-corrected chi connectivity index (χ2v) is 6.61. The average molecular weight is 409 g/mol. The Hall–Kier alpha value is -2.84. The maximum absolute atomic E-state index is 12.6. The van der Waals surface area contributed by atoms with Crippen LogP contribution in [0.25, 0.3) is 0 Å². The Balaban J connectivity index is 1.91. The highest BCUT2D eigenvalue weighted by molar-refractivity contribution is 6.35. The minimum absolute atomic E-state index is 0.0578. The van der Waals surface area contributed by atoms with Crippen LogP contribution in [0.2, 0.25) is 10.0 Å². The molecule has 140 valence electrons. The van der Waals surface area contributed by atoms with Crippen LogP contribution in [0.4, 0.5) is 5.69 Å². The molecule has 0 aliphatic rings. The van der Waals surface area contributed by atoms with E-state index in [9.17, 15) is 14.9 Å². The van der Waals surface area contributed by atoms with Crippen molar-refractivity contribution in [3.05, 3.63) is 80.6 Å².